The van der Waals surface area contributed by atoms with Crippen LogP contribution in [0, 0.1) is 0 Å². The number of thiol groups is 1. The lowest BCUT2D eigenvalue weighted by atomic mass is 10.4. The van der Waals surface area contributed by atoms with Crippen molar-refractivity contribution in [2.45, 2.75) is 31.9 Å². The second-order valence-electron chi connectivity index (χ2n) is 2.22. The fourth-order valence-electron chi connectivity index (χ4n) is 0.463. The van der Waals surface area contributed by atoms with E-state index in [0.717, 1.165) is 0 Å². The quantitative estimate of drug-likeness (QED) is 0.342. The SMILES string of the molecule is CCC.O=C1CC(S)C(=O)O1. The van der Waals surface area contributed by atoms with E-state index >= 15 is 0 Å². The van der Waals surface area contributed by atoms with E-state index in [1.807, 2.05) is 0 Å². The summed E-state index contributed by atoms with van der Waals surface area (Å²) in [6.07, 6.45) is 1.36. The van der Waals surface area contributed by atoms with Gasteiger partial charge in [0.25, 0.3) is 0 Å². The first kappa shape index (κ1) is 10.5. The Morgan fingerprint density at radius 2 is 2.00 bits per heavy atom. The van der Waals surface area contributed by atoms with Crippen LogP contribution in [0.25, 0.3) is 0 Å². The Hall–Kier alpha value is -0.510. The summed E-state index contributed by atoms with van der Waals surface area (Å²) in [4.78, 5) is 20.4. The first-order valence-electron chi connectivity index (χ1n) is 3.54. The van der Waals surface area contributed by atoms with Crippen LogP contribution in [0.15, 0.2) is 0 Å². The highest BCUT2D eigenvalue weighted by molar-refractivity contribution is 7.81. The summed E-state index contributed by atoms with van der Waals surface area (Å²) in [6, 6.07) is 0. The van der Waals surface area contributed by atoms with E-state index in [-0.39, 0.29) is 6.42 Å². The summed E-state index contributed by atoms with van der Waals surface area (Å²) >= 11 is 3.75. The highest BCUT2D eigenvalue weighted by atomic mass is 32.1. The van der Waals surface area contributed by atoms with E-state index in [0.29, 0.717) is 0 Å². The highest BCUT2D eigenvalue weighted by Crippen LogP contribution is 2.12. The number of rotatable bonds is 0. The van der Waals surface area contributed by atoms with Crippen LogP contribution in [0.1, 0.15) is 26.7 Å². The smallest absolute Gasteiger partial charge is 0.327 e. The Bertz CT molecular complexity index is 156. The molecule has 0 N–H and O–H groups in total. The van der Waals surface area contributed by atoms with E-state index < -0.39 is 17.2 Å². The van der Waals surface area contributed by atoms with Crippen LogP contribution in [-0.4, -0.2) is 17.2 Å². The fourth-order valence-corrected chi connectivity index (χ4v) is 0.665. The average molecular weight is 176 g/mol. The van der Waals surface area contributed by atoms with Crippen molar-refractivity contribution >= 4 is 24.6 Å². The molecular weight excluding hydrogens is 164 g/mol. The van der Waals surface area contributed by atoms with Crippen LogP contribution in [0.3, 0.4) is 0 Å². The lowest BCUT2D eigenvalue weighted by Crippen LogP contribution is -2.04. The molecule has 1 fully saturated rings. The van der Waals surface area contributed by atoms with Gasteiger partial charge in [0.15, 0.2) is 0 Å². The lowest BCUT2D eigenvalue weighted by Gasteiger charge is -1.85. The van der Waals surface area contributed by atoms with Crippen molar-refractivity contribution in [1.82, 2.24) is 0 Å². The highest BCUT2D eigenvalue weighted by Gasteiger charge is 2.29. The molecule has 0 aromatic rings. The molecule has 1 unspecified atom stereocenters. The average Bonchev–Trinajstić information content (AvgIpc) is 2.12. The van der Waals surface area contributed by atoms with E-state index in [4.69, 9.17) is 0 Å². The van der Waals surface area contributed by atoms with Crippen LogP contribution in [0.2, 0.25) is 0 Å². The van der Waals surface area contributed by atoms with Crippen LogP contribution >= 0.6 is 12.6 Å². The maximum absolute atomic E-state index is 10.3. The number of carbonyl (C=O) groups excluding carboxylic acids is 2. The number of hydrogen-bond donors (Lipinski definition) is 1. The van der Waals surface area contributed by atoms with Crippen molar-refractivity contribution in [3.63, 3.8) is 0 Å². The molecule has 0 aliphatic carbocycles. The Labute approximate surface area is 71.5 Å². The van der Waals surface area contributed by atoms with E-state index in [1.54, 1.807) is 0 Å². The van der Waals surface area contributed by atoms with Gasteiger partial charge in [-0.3, -0.25) is 9.59 Å². The summed E-state index contributed by atoms with van der Waals surface area (Å²) in [6.45, 7) is 4.25. The van der Waals surface area contributed by atoms with Crippen LogP contribution in [0.5, 0.6) is 0 Å². The Kier molecular flexibility index (Phi) is 4.94. The molecule has 0 aromatic carbocycles. The molecule has 0 saturated carbocycles. The molecule has 64 valence electrons. The second-order valence-corrected chi connectivity index (χ2v) is 2.84. The number of carbonyl (C=O) groups is 2. The molecule has 0 amide bonds. The van der Waals surface area contributed by atoms with Gasteiger partial charge in [0, 0.05) is 0 Å². The molecule has 4 heteroatoms. The molecule has 3 nitrogen and oxygen atoms in total. The summed E-state index contributed by atoms with van der Waals surface area (Å²) < 4.78 is 4.12. The van der Waals surface area contributed by atoms with Gasteiger partial charge in [0.1, 0.15) is 5.25 Å². The van der Waals surface area contributed by atoms with Gasteiger partial charge in [0.05, 0.1) is 6.42 Å². The summed E-state index contributed by atoms with van der Waals surface area (Å²) in [5.74, 6) is -1.01. The monoisotopic (exact) mass is 176 g/mol. The summed E-state index contributed by atoms with van der Waals surface area (Å²) in [7, 11) is 0. The first-order valence-corrected chi connectivity index (χ1v) is 4.06. The van der Waals surface area contributed by atoms with Crippen LogP contribution in [0.4, 0.5) is 0 Å². The molecule has 1 heterocycles. The first-order chi connectivity index (χ1) is 5.11. The molecule has 1 saturated heterocycles. The third-order valence-corrected chi connectivity index (χ3v) is 1.24. The predicted octanol–water partition coefficient (Wildman–Crippen LogP) is 1.17. The maximum atomic E-state index is 10.3. The van der Waals surface area contributed by atoms with Gasteiger partial charge < -0.3 is 4.74 Å². The maximum Gasteiger partial charge on any atom is 0.327 e. The van der Waals surface area contributed by atoms with Crippen molar-refractivity contribution in [3.8, 4) is 0 Å². The molecular formula is C7H12O3S. The molecule has 11 heavy (non-hydrogen) atoms. The van der Waals surface area contributed by atoms with Crippen molar-refractivity contribution < 1.29 is 14.3 Å². The third kappa shape index (κ3) is 4.03. The molecule has 1 atom stereocenters. The van der Waals surface area contributed by atoms with Crippen LogP contribution in [-0.2, 0) is 14.3 Å². The molecule has 1 aliphatic heterocycles. The predicted molar refractivity (Wildman–Crippen MR) is 44.5 cm³/mol. The number of cyclic esters (lactones) is 2. The van der Waals surface area contributed by atoms with Gasteiger partial charge in [-0.25, -0.2) is 0 Å². The molecule has 0 bridgehead atoms. The van der Waals surface area contributed by atoms with Crippen LogP contribution < -0.4 is 0 Å². The van der Waals surface area contributed by atoms with Crippen molar-refractivity contribution in [2.24, 2.45) is 0 Å². The molecule has 1 aliphatic rings. The van der Waals surface area contributed by atoms with E-state index in [1.165, 1.54) is 6.42 Å². The van der Waals surface area contributed by atoms with Gasteiger partial charge >= 0.3 is 11.9 Å². The lowest BCUT2D eigenvalue weighted by molar-refractivity contribution is -0.151. The third-order valence-electron chi connectivity index (χ3n) is 0.847. The fraction of sp³-hybridized carbons (Fsp3) is 0.714. The Morgan fingerprint density at radius 1 is 1.55 bits per heavy atom. The normalized spacial score (nSPS) is 22.3. The molecule has 1 rings (SSSR count). The summed E-state index contributed by atoms with van der Waals surface area (Å²) in [5, 5.41) is -0.525. The van der Waals surface area contributed by atoms with E-state index in [9.17, 15) is 9.59 Å². The van der Waals surface area contributed by atoms with Gasteiger partial charge in [-0.2, -0.15) is 12.6 Å². The zero-order valence-corrected chi connectivity index (χ0v) is 7.56. The Morgan fingerprint density at radius 3 is 2.09 bits per heavy atom. The number of ether oxygens (including phenoxy) is 1. The molecule has 0 radical (unpaired) electrons. The van der Waals surface area contributed by atoms with E-state index in [2.05, 4.69) is 31.2 Å². The van der Waals surface area contributed by atoms with Gasteiger partial charge in [0.2, 0.25) is 0 Å². The minimum atomic E-state index is -0.529. The standard InChI is InChI=1S/C4H4O3S.C3H8/c5-3-1-2(8)4(6)7-3;1-3-2/h2,8H,1H2;3H2,1-2H3. The van der Waals surface area contributed by atoms with Gasteiger partial charge in [-0.15, -0.1) is 0 Å². The number of hydrogen-bond acceptors (Lipinski definition) is 4. The van der Waals surface area contributed by atoms with Gasteiger partial charge in [-0.05, 0) is 0 Å². The summed E-state index contributed by atoms with van der Waals surface area (Å²) in [5.41, 5.74) is 0. The Balaban J connectivity index is 0.000000292. The minimum absolute atomic E-state index is 0.113. The zero-order valence-electron chi connectivity index (χ0n) is 6.66. The molecule has 0 aromatic heterocycles. The van der Waals surface area contributed by atoms with Crippen molar-refractivity contribution in [3.05, 3.63) is 0 Å². The minimum Gasteiger partial charge on any atom is -0.392 e. The number of esters is 2. The van der Waals surface area contributed by atoms with Crippen molar-refractivity contribution in [1.29, 1.82) is 0 Å². The van der Waals surface area contributed by atoms with Gasteiger partial charge in [-0.1, -0.05) is 20.3 Å². The molecule has 0 spiro atoms. The van der Waals surface area contributed by atoms with Crippen molar-refractivity contribution in [2.75, 3.05) is 0 Å². The largest absolute Gasteiger partial charge is 0.392 e. The second kappa shape index (κ2) is 5.18. The topological polar surface area (TPSA) is 43.4 Å². The zero-order chi connectivity index (χ0) is 8.85.